The topological polar surface area (TPSA) is 35.2 Å². The normalized spacial score (nSPS) is 13.6. The van der Waals surface area contributed by atoms with Crippen molar-refractivity contribution in [1.29, 1.82) is 0 Å². The predicted molar refractivity (Wildman–Crippen MR) is 69.4 cm³/mol. The lowest BCUT2D eigenvalue weighted by Crippen LogP contribution is -2.38. The lowest BCUT2D eigenvalue weighted by molar-refractivity contribution is 0.0943. The smallest absolute Gasteiger partial charge is 0.139 e. The molecule has 0 aliphatic rings. The summed E-state index contributed by atoms with van der Waals surface area (Å²) in [5, 5.41) is 1.15. The number of rotatable bonds is 3. The lowest BCUT2D eigenvalue weighted by Gasteiger charge is -2.30. The van der Waals surface area contributed by atoms with Gasteiger partial charge in [0, 0.05) is 23.0 Å². The first kappa shape index (κ1) is 13.6. The quantitative estimate of drug-likeness (QED) is 0.900. The summed E-state index contributed by atoms with van der Waals surface area (Å²) in [6.45, 7) is 6.65. The average Bonchev–Trinajstić information content (AvgIpc) is 2.17. The van der Waals surface area contributed by atoms with Crippen molar-refractivity contribution in [3.8, 4) is 5.75 Å². The summed E-state index contributed by atoms with van der Waals surface area (Å²) in [6.07, 6.45) is -0.0940. The van der Waals surface area contributed by atoms with E-state index in [2.05, 4.69) is 20.8 Å². The van der Waals surface area contributed by atoms with Gasteiger partial charge >= 0.3 is 0 Å². The van der Waals surface area contributed by atoms with E-state index in [9.17, 15) is 0 Å². The van der Waals surface area contributed by atoms with Gasteiger partial charge in [-0.2, -0.15) is 0 Å². The van der Waals surface area contributed by atoms with Crippen molar-refractivity contribution in [3.05, 3.63) is 28.2 Å². The van der Waals surface area contributed by atoms with E-state index in [1.807, 2.05) is 0 Å². The summed E-state index contributed by atoms with van der Waals surface area (Å²) in [4.78, 5) is 0. The summed E-state index contributed by atoms with van der Waals surface area (Å²) in [6, 6.07) is 5.15. The van der Waals surface area contributed by atoms with Gasteiger partial charge in [-0.3, -0.25) is 0 Å². The van der Waals surface area contributed by atoms with Crippen LogP contribution in [0, 0.1) is 5.41 Å². The van der Waals surface area contributed by atoms with Gasteiger partial charge in [-0.15, -0.1) is 0 Å². The van der Waals surface area contributed by atoms with Gasteiger partial charge in [0.25, 0.3) is 0 Å². The molecule has 2 nitrogen and oxygen atoms in total. The number of benzene rings is 1. The van der Waals surface area contributed by atoms with Gasteiger partial charge in [-0.25, -0.2) is 0 Å². The van der Waals surface area contributed by atoms with E-state index in [1.165, 1.54) is 0 Å². The van der Waals surface area contributed by atoms with Crippen LogP contribution in [0.25, 0.3) is 0 Å². The van der Waals surface area contributed by atoms with Gasteiger partial charge in [0.05, 0.1) is 5.02 Å². The zero-order valence-corrected chi connectivity index (χ0v) is 11.3. The molecule has 90 valence electrons. The third-order valence-corrected chi connectivity index (χ3v) is 2.89. The molecule has 0 amide bonds. The van der Waals surface area contributed by atoms with E-state index >= 15 is 0 Å². The highest BCUT2D eigenvalue weighted by molar-refractivity contribution is 6.34. The van der Waals surface area contributed by atoms with Gasteiger partial charge in [-0.05, 0) is 12.1 Å². The first-order valence-electron chi connectivity index (χ1n) is 5.16. The summed E-state index contributed by atoms with van der Waals surface area (Å²) >= 11 is 11.9. The van der Waals surface area contributed by atoms with Gasteiger partial charge in [-0.1, -0.05) is 44.0 Å². The molecule has 0 saturated carbocycles. The van der Waals surface area contributed by atoms with Gasteiger partial charge in [0.15, 0.2) is 0 Å². The largest absolute Gasteiger partial charge is 0.487 e. The maximum absolute atomic E-state index is 6.02. The molecule has 0 aliphatic carbocycles. The molecule has 0 heterocycles. The highest BCUT2D eigenvalue weighted by Gasteiger charge is 2.25. The van der Waals surface area contributed by atoms with Crippen molar-refractivity contribution >= 4 is 23.2 Å². The van der Waals surface area contributed by atoms with Crippen LogP contribution >= 0.6 is 23.2 Å². The molecule has 0 bridgehead atoms. The molecule has 1 atom stereocenters. The molecular formula is C12H17Cl2NO. The highest BCUT2D eigenvalue weighted by atomic mass is 35.5. The maximum Gasteiger partial charge on any atom is 0.139 e. The SMILES string of the molecule is CC(C)(C)C(CN)Oc1cc(Cl)ccc1Cl. The number of hydrogen-bond acceptors (Lipinski definition) is 2. The van der Waals surface area contributed by atoms with Crippen LogP contribution in [0.4, 0.5) is 0 Å². The second-order valence-electron chi connectivity index (χ2n) is 4.78. The van der Waals surface area contributed by atoms with Crippen LogP contribution in [0.15, 0.2) is 18.2 Å². The van der Waals surface area contributed by atoms with Crippen molar-refractivity contribution in [3.63, 3.8) is 0 Å². The average molecular weight is 262 g/mol. The van der Waals surface area contributed by atoms with E-state index in [0.29, 0.717) is 22.3 Å². The molecule has 0 aromatic heterocycles. The third-order valence-electron chi connectivity index (χ3n) is 2.34. The van der Waals surface area contributed by atoms with Gasteiger partial charge in [0.1, 0.15) is 11.9 Å². The molecule has 16 heavy (non-hydrogen) atoms. The van der Waals surface area contributed by atoms with Crippen LogP contribution < -0.4 is 10.5 Å². The predicted octanol–water partition coefficient (Wildman–Crippen LogP) is 3.75. The summed E-state index contributed by atoms with van der Waals surface area (Å²) in [7, 11) is 0. The van der Waals surface area contributed by atoms with Crippen molar-refractivity contribution in [1.82, 2.24) is 0 Å². The molecule has 1 unspecified atom stereocenters. The first-order chi connectivity index (χ1) is 7.34. The number of nitrogens with two attached hydrogens (primary N) is 1. The fraction of sp³-hybridized carbons (Fsp3) is 0.500. The minimum absolute atomic E-state index is 0.0413. The number of ether oxygens (including phenoxy) is 1. The Balaban J connectivity index is 2.90. The molecule has 0 fully saturated rings. The Morgan fingerprint density at radius 3 is 2.44 bits per heavy atom. The standard InChI is InChI=1S/C12H17Cl2NO/c1-12(2,3)11(7-15)16-10-6-8(13)4-5-9(10)14/h4-6,11H,7,15H2,1-3H3. The fourth-order valence-corrected chi connectivity index (χ4v) is 1.62. The number of halogens is 2. The fourth-order valence-electron chi connectivity index (χ4n) is 1.30. The monoisotopic (exact) mass is 261 g/mol. The Morgan fingerprint density at radius 2 is 1.94 bits per heavy atom. The van der Waals surface area contributed by atoms with Gasteiger partial charge in [0.2, 0.25) is 0 Å². The molecule has 1 rings (SSSR count). The van der Waals surface area contributed by atoms with Crippen molar-refractivity contribution < 1.29 is 4.74 Å². The van der Waals surface area contributed by atoms with Crippen molar-refractivity contribution in [2.75, 3.05) is 6.54 Å². The second kappa shape index (κ2) is 5.26. The van der Waals surface area contributed by atoms with E-state index in [1.54, 1.807) is 18.2 Å². The molecule has 1 aromatic carbocycles. The number of hydrogen-bond donors (Lipinski definition) is 1. The maximum atomic E-state index is 6.02. The molecule has 1 aromatic rings. The van der Waals surface area contributed by atoms with E-state index in [-0.39, 0.29) is 11.5 Å². The van der Waals surface area contributed by atoms with E-state index in [4.69, 9.17) is 33.7 Å². The molecule has 2 N–H and O–H groups in total. The first-order valence-corrected chi connectivity index (χ1v) is 5.92. The van der Waals surface area contributed by atoms with Crippen LogP contribution in [-0.4, -0.2) is 12.6 Å². The Labute approximate surface area is 107 Å². The van der Waals surface area contributed by atoms with Crippen molar-refractivity contribution in [2.24, 2.45) is 11.1 Å². The minimum Gasteiger partial charge on any atom is -0.487 e. The van der Waals surface area contributed by atoms with Crippen molar-refractivity contribution in [2.45, 2.75) is 26.9 Å². The van der Waals surface area contributed by atoms with Crippen LogP contribution in [0.2, 0.25) is 10.0 Å². The molecule has 0 saturated heterocycles. The molecule has 4 heteroatoms. The summed E-state index contributed by atoms with van der Waals surface area (Å²) in [5.74, 6) is 0.583. The summed E-state index contributed by atoms with van der Waals surface area (Å²) in [5.41, 5.74) is 5.65. The van der Waals surface area contributed by atoms with Crippen LogP contribution in [-0.2, 0) is 0 Å². The highest BCUT2D eigenvalue weighted by Crippen LogP contribution is 2.31. The Kier molecular flexibility index (Phi) is 4.48. The second-order valence-corrected chi connectivity index (χ2v) is 5.63. The molecular weight excluding hydrogens is 245 g/mol. The van der Waals surface area contributed by atoms with Crippen LogP contribution in [0.5, 0.6) is 5.75 Å². The lowest BCUT2D eigenvalue weighted by atomic mass is 9.89. The van der Waals surface area contributed by atoms with Crippen LogP contribution in [0.1, 0.15) is 20.8 Å². The Hall–Kier alpha value is -0.440. The zero-order valence-electron chi connectivity index (χ0n) is 9.76. The summed E-state index contributed by atoms with van der Waals surface area (Å²) < 4.78 is 5.80. The minimum atomic E-state index is -0.0940. The van der Waals surface area contributed by atoms with E-state index < -0.39 is 0 Å². The molecule has 0 aliphatic heterocycles. The van der Waals surface area contributed by atoms with E-state index in [0.717, 1.165) is 0 Å². The van der Waals surface area contributed by atoms with Gasteiger partial charge < -0.3 is 10.5 Å². The zero-order chi connectivity index (χ0) is 12.3. The molecule has 0 radical (unpaired) electrons. The third kappa shape index (κ3) is 3.55. The Morgan fingerprint density at radius 1 is 1.31 bits per heavy atom. The Bertz CT molecular complexity index is 361. The van der Waals surface area contributed by atoms with Crippen LogP contribution in [0.3, 0.4) is 0 Å². The molecule has 0 spiro atoms.